The van der Waals surface area contributed by atoms with Gasteiger partial charge in [-0.25, -0.2) is 4.79 Å². The highest BCUT2D eigenvalue weighted by molar-refractivity contribution is 6.07. The number of benzene rings is 2. The van der Waals surface area contributed by atoms with Gasteiger partial charge in [-0.1, -0.05) is 18.2 Å². The summed E-state index contributed by atoms with van der Waals surface area (Å²) in [5.74, 6) is -0.349. The van der Waals surface area contributed by atoms with Crippen molar-refractivity contribution in [2.45, 2.75) is 25.8 Å². The Balaban J connectivity index is 1.38. The van der Waals surface area contributed by atoms with Crippen LogP contribution in [-0.2, 0) is 9.53 Å². The lowest BCUT2D eigenvalue weighted by atomic mass is 9.98. The third kappa shape index (κ3) is 3.33. The van der Waals surface area contributed by atoms with Crippen LogP contribution in [0.25, 0.3) is 10.9 Å². The lowest BCUT2D eigenvalue weighted by molar-refractivity contribution is -0.122. The molecule has 1 aliphatic rings. The van der Waals surface area contributed by atoms with Crippen LogP contribution in [0.15, 0.2) is 54.7 Å². The molecule has 0 unspecified atom stereocenters. The number of hydrogen-bond acceptors (Lipinski definition) is 4. The molecular formula is C22H23N3O3. The van der Waals surface area contributed by atoms with Gasteiger partial charge in [-0.3, -0.25) is 4.79 Å². The smallest absolute Gasteiger partial charge is 0.338 e. The number of nitrogens with one attached hydrogen (secondary N) is 2. The van der Waals surface area contributed by atoms with Gasteiger partial charge in [-0.2, -0.15) is 0 Å². The molecule has 2 N–H and O–H groups in total. The average Bonchev–Trinajstić information content (AvgIpc) is 3.15. The molecule has 6 nitrogen and oxygen atoms in total. The minimum absolute atomic E-state index is 0.00900. The third-order valence-corrected chi connectivity index (χ3v) is 4.97. The van der Waals surface area contributed by atoms with Crippen molar-refractivity contribution in [1.29, 1.82) is 0 Å². The van der Waals surface area contributed by atoms with Gasteiger partial charge in [0.15, 0.2) is 0 Å². The first kappa shape index (κ1) is 18.1. The Hall–Kier alpha value is -3.28. The zero-order valence-electron chi connectivity index (χ0n) is 16.0. The van der Waals surface area contributed by atoms with Crippen LogP contribution in [0.5, 0.6) is 0 Å². The van der Waals surface area contributed by atoms with E-state index >= 15 is 0 Å². The minimum Gasteiger partial charge on any atom is -0.462 e. The summed E-state index contributed by atoms with van der Waals surface area (Å²) in [6.45, 7) is 4.48. The number of ether oxygens (including phenoxy) is 1. The quantitative estimate of drug-likeness (QED) is 0.521. The highest BCUT2D eigenvalue weighted by atomic mass is 16.5. The number of aromatic amines is 1. The molecule has 0 bridgehead atoms. The number of aromatic nitrogens is 1. The topological polar surface area (TPSA) is 74.4 Å². The van der Waals surface area contributed by atoms with E-state index in [0.29, 0.717) is 18.5 Å². The van der Waals surface area contributed by atoms with Crippen molar-refractivity contribution in [3.8, 4) is 0 Å². The summed E-state index contributed by atoms with van der Waals surface area (Å²) in [5.41, 5.74) is 2.54. The molecule has 0 fully saturated rings. The van der Waals surface area contributed by atoms with E-state index in [9.17, 15) is 9.59 Å². The van der Waals surface area contributed by atoms with Gasteiger partial charge in [0, 0.05) is 18.3 Å². The minimum atomic E-state index is -0.670. The number of nitrogens with zero attached hydrogens (tertiary/aromatic N) is 1. The molecular weight excluding hydrogens is 354 g/mol. The van der Waals surface area contributed by atoms with Crippen molar-refractivity contribution in [3.05, 3.63) is 60.3 Å². The Morgan fingerprint density at radius 3 is 2.82 bits per heavy atom. The van der Waals surface area contributed by atoms with Crippen LogP contribution in [0.3, 0.4) is 0 Å². The summed E-state index contributed by atoms with van der Waals surface area (Å²) in [7, 11) is 0. The number of fused-ring (bicyclic) bond motifs is 2. The largest absolute Gasteiger partial charge is 0.462 e. The summed E-state index contributed by atoms with van der Waals surface area (Å²) >= 11 is 0. The number of rotatable bonds is 5. The Kier molecular flexibility index (Phi) is 4.55. The van der Waals surface area contributed by atoms with Gasteiger partial charge in [0.1, 0.15) is 5.54 Å². The number of para-hydroxylation sites is 2. The second-order valence-electron chi connectivity index (χ2n) is 7.49. The molecule has 2 aromatic carbocycles. The summed E-state index contributed by atoms with van der Waals surface area (Å²) in [6, 6.07) is 15.1. The number of amides is 1. The van der Waals surface area contributed by atoms with E-state index in [0.717, 1.165) is 22.3 Å². The molecule has 0 aliphatic carbocycles. The van der Waals surface area contributed by atoms with Crippen molar-refractivity contribution in [1.82, 2.24) is 4.98 Å². The van der Waals surface area contributed by atoms with Crippen LogP contribution in [0.1, 0.15) is 30.6 Å². The number of H-pyrrole nitrogens is 1. The number of hydrogen-bond donors (Lipinski definition) is 2. The summed E-state index contributed by atoms with van der Waals surface area (Å²) in [4.78, 5) is 30.0. The monoisotopic (exact) mass is 377 g/mol. The fraction of sp³-hybridized carbons (Fsp3) is 0.273. The van der Waals surface area contributed by atoms with Gasteiger partial charge in [0.05, 0.1) is 23.5 Å². The SMILES string of the molecule is CC1(C)Nc2ccccc2N(CCCOC(=O)c2ccc3cc[nH]c3c2)C1=O. The molecule has 6 heteroatoms. The lowest BCUT2D eigenvalue weighted by Crippen LogP contribution is -2.54. The first-order valence-corrected chi connectivity index (χ1v) is 9.39. The zero-order chi connectivity index (χ0) is 19.7. The fourth-order valence-electron chi connectivity index (χ4n) is 3.52. The van der Waals surface area contributed by atoms with Crippen LogP contribution in [0, 0.1) is 0 Å². The number of carbonyl (C=O) groups is 2. The molecule has 4 rings (SSSR count). The van der Waals surface area contributed by atoms with E-state index < -0.39 is 5.54 Å². The molecule has 0 radical (unpaired) electrons. The molecule has 1 amide bonds. The summed E-state index contributed by atoms with van der Waals surface area (Å²) in [6.07, 6.45) is 2.40. The summed E-state index contributed by atoms with van der Waals surface area (Å²) < 4.78 is 5.41. The molecule has 3 aromatic rings. The average molecular weight is 377 g/mol. The Labute approximate surface area is 163 Å². The predicted molar refractivity (Wildman–Crippen MR) is 110 cm³/mol. The first-order valence-electron chi connectivity index (χ1n) is 9.39. The van der Waals surface area contributed by atoms with Crippen LogP contribution in [0.4, 0.5) is 11.4 Å². The van der Waals surface area contributed by atoms with Gasteiger partial charge >= 0.3 is 5.97 Å². The van der Waals surface area contributed by atoms with E-state index in [1.807, 2.05) is 56.4 Å². The van der Waals surface area contributed by atoms with Crippen molar-refractivity contribution in [2.24, 2.45) is 0 Å². The maximum atomic E-state index is 12.8. The van der Waals surface area contributed by atoms with Crippen molar-refractivity contribution >= 4 is 34.2 Å². The van der Waals surface area contributed by atoms with Gasteiger partial charge in [-0.05, 0) is 56.0 Å². The molecule has 0 atom stereocenters. The standard InChI is InChI=1S/C22H23N3O3/c1-22(2)21(27)25(19-7-4-3-6-17(19)24-22)12-5-13-28-20(26)16-9-8-15-10-11-23-18(15)14-16/h3-4,6-11,14,23-24H,5,12-13H2,1-2H3. The zero-order valence-corrected chi connectivity index (χ0v) is 16.0. The van der Waals surface area contributed by atoms with Gasteiger partial charge in [-0.15, -0.1) is 0 Å². The van der Waals surface area contributed by atoms with Crippen molar-refractivity contribution in [2.75, 3.05) is 23.4 Å². The van der Waals surface area contributed by atoms with Crippen LogP contribution in [0.2, 0.25) is 0 Å². The number of anilines is 2. The highest BCUT2D eigenvalue weighted by Gasteiger charge is 2.38. The number of esters is 1. The predicted octanol–water partition coefficient (Wildman–Crippen LogP) is 3.95. The number of carbonyl (C=O) groups excluding carboxylic acids is 2. The highest BCUT2D eigenvalue weighted by Crippen LogP contribution is 2.34. The maximum absolute atomic E-state index is 12.8. The van der Waals surface area contributed by atoms with E-state index in [1.54, 1.807) is 17.0 Å². The molecule has 2 heterocycles. The molecule has 144 valence electrons. The first-order chi connectivity index (χ1) is 13.5. The Bertz CT molecular complexity index is 1040. The molecule has 0 spiro atoms. The van der Waals surface area contributed by atoms with Crippen molar-refractivity contribution < 1.29 is 14.3 Å². The Morgan fingerprint density at radius 1 is 1.14 bits per heavy atom. The van der Waals surface area contributed by atoms with Gasteiger partial charge in [0.2, 0.25) is 0 Å². The second-order valence-corrected chi connectivity index (χ2v) is 7.49. The van der Waals surface area contributed by atoms with Gasteiger partial charge < -0.3 is 19.9 Å². The maximum Gasteiger partial charge on any atom is 0.338 e. The van der Waals surface area contributed by atoms with Crippen LogP contribution < -0.4 is 10.2 Å². The van der Waals surface area contributed by atoms with E-state index in [-0.39, 0.29) is 18.5 Å². The van der Waals surface area contributed by atoms with E-state index in [2.05, 4.69) is 10.3 Å². The third-order valence-electron chi connectivity index (χ3n) is 4.97. The molecule has 0 saturated carbocycles. The van der Waals surface area contributed by atoms with E-state index in [4.69, 9.17) is 4.74 Å². The van der Waals surface area contributed by atoms with Crippen LogP contribution >= 0.6 is 0 Å². The fourth-order valence-corrected chi connectivity index (χ4v) is 3.52. The Morgan fingerprint density at radius 2 is 1.96 bits per heavy atom. The molecule has 1 aliphatic heterocycles. The van der Waals surface area contributed by atoms with Gasteiger partial charge in [0.25, 0.3) is 5.91 Å². The molecule has 0 saturated heterocycles. The van der Waals surface area contributed by atoms with E-state index in [1.165, 1.54) is 0 Å². The molecule has 28 heavy (non-hydrogen) atoms. The second kappa shape index (κ2) is 7.03. The van der Waals surface area contributed by atoms with Crippen molar-refractivity contribution in [3.63, 3.8) is 0 Å². The normalized spacial score (nSPS) is 15.2. The summed E-state index contributed by atoms with van der Waals surface area (Å²) in [5, 5.41) is 4.33. The molecule has 1 aromatic heterocycles. The lowest BCUT2D eigenvalue weighted by Gasteiger charge is -2.39. The van der Waals surface area contributed by atoms with Crippen LogP contribution in [-0.4, -0.2) is 35.6 Å².